The van der Waals surface area contributed by atoms with E-state index in [1.807, 2.05) is 12.1 Å². The van der Waals surface area contributed by atoms with Crippen LogP contribution in [0.2, 0.25) is 0 Å². The molecule has 0 atom stereocenters. The Morgan fingerprint density at radius 3 is 2.82 bits per heavy atom. The number of hydrogen-bond acceptors (Lipinski definition) is 4. The van der Waals surface area contributed by atoms with Crippen molar-refractivity contribution in [1.29, 1.82) is 0 Å². The molecular formula is C12H12N2O3. The van der Waals surface area contributed by atoms with Gasteiger partial charge in [-0.3, -0.25) is 4.79 Å². The Labute approximate surface area is 98.4 Å². The maximum absolute atomic E-state index is 11.9. The van der Waals surface area contributed by atoms with Gasteiger partial charge in [0.25, 0.3) is 5.91 Å². The van der Waals surface area contributed by atoms with Crippen molar-refractivity contribution < 1.29 is 14.1 Å². The topological polar surface area (TPSA) is 64.4 Å². The molecule has 1 aromatic heterocycles. The molecule has 2 aromatic rings. The lowest BCUT2D eigenvalue weighted by atomic mass is 10.2. The molecule has 5 heteroatoms. The van der Waals surface area contributed by atoms with Crippen molar-refractivity contribution >= 4 is 11.6 Å². The Kier molecular flexibility index (Phi) is 3.09. The third-order valence-corrected chi connectivity index (χ3v) is 2.31. The second-order valence-electron chi connectivity index (χ2n) is 3.49. The van der Waals surface area contributed by atoms with Crippen LogP contribution in [-0.4, -0.2) is 18.2 Å². The molecule has 0 unspecified atom stereocenters. The molecule has 5 nitrogen and oxygen atoms in total. The highest BCUT2D eigenvalue weighted by molar-refractivity contribution is 6.03. The normalized spacial score (nSPS) is 10.0. The van der Waals surface area contributed by atoms with Gasteiger partial charge in [-0.05, 0) is 19.1 Å². The molecule has 0 radical (unpaired) electrons. The molecule has 0 spiro atoms. The summed E-state index contributed by atoms with van der Waals surface area (Å²) < 4.78 is 10.0. The fourth-order valence-corrected chi connectivity index (χ4v) is 1.44. The van der Waals surface area contributed by atoms with Gasteiger partial charge in [-0.15, -0.1) is 0 Å². The summed E-state index contributed by atoms with van der Waals surface area (Å²) in [6, 6.07) is 7.16. The molecule has 1 amide bonds. The standard InChI is InChI=1S/C12H12N2O3/c1-8-7-13-17-11(8)12(15)14-9-5-3-4-6-10(9)16-2/h3-7H,1-2H3,(H,14,15). The van der Waals surface area contributed by atoms with Crippen molar-refractivity contribution in [3.05, 3.63) is 41.8 Å². The first-order valence-corrected chi connectivity index (χ1v) is 5.08. The summed E-state index contributed by atoms with van der Waals surface area (Å²) in [5.41, 5.74) is 1.29. The van der Waals surface area contributed by atoms with Gasteiger partial charge in [0.05, 0.1) is 19.0 Å². The molecule has 2 rings (SSSR count). The molecule has 0 saturated heterocycles. The summed E-state index contributed by atoms with van der Waals surface area (Å²) in [4.78, 5) is 11.9. The minimum atomic E-state index is -0.343. The number of benzene rings is 1. The van der Waals surface area contributed by atoms with Crippen molar-refractivity contribution in [3.63, 3.8) is 0 Å². The van der Waals surface area contributed by atoms with Crippen LogP contribution in [0.25, 0.3) is 0 Å². The number of methoxy groups -OCH3 is 1. The summed E-state index contributed by atoms with van der Waals surface area (Å²) in [7, 11) is 1.55. The fraction of sp³-hybridized carbons (Fsp3) is 0.167. The summed E-state index contributed by atoms with van der Waals surface area (Å²) in [6.45, 7) is 1.76. The van der Waals surface area contributed by atoms with Gasteiger partial charge in [0.1, 0.15) is 5.75 Å². The summed E-state index contributed by atoms with van der Waals surface area (Å²) >= 11 is 0. The third kappa shape index (κ3) is 2.28. The van der Waals surface area contributed by atoms with Crippen LogP contribution < -0.4 is 10.1 Å². The molecule has 0 aliphatic heterocycles. The molecule has 0 saturated carbocycles. The second-order valence-corrected chi connectivity index (χ2v) is 3.49. The number of ether oxygens (including phenoxy) is 1. The van der Waals surface area contributed by atoms with Gasteiger partial charge in [-0.2, -0.15) is 0 Å². The SMILES string of the molecule is COc1ccccc1NC(=O)c1oncc1C. The number of para-hydroxylation sites is 2. The Morgan fingerprint density at radius 1 is 1.41 bits per heavy atom. The fourth-order valence-electron chi connectivity index (χ4n) is 1.44. The number of nitrogens with zero attached hydrogens (tertiary/aromatic N) is 1. The molecule has 88 valence electrons. The average Bonchev–Trinajstić information content (AvgIpc) is 2.76. The van der Waals surface area contributed by atoms with Gasteiger partial charge >= 0.3 is 0 Å². The lowest BCUT2D eigenvalue weighted by molar-refractivity contribution is 0.0986. The van der Waals surface area contributed by atoms with E-state index in [1.54, 1.807) is 26.2 Å². The molecule has 17 heavy (non-hydrogen) atoms. The number of anilines is 1. The van der Waals surface area contributed by atoms with E-state index in [1.165, 1.54) is 6.20 Å². The maximum atomic E-state index is 11.9. The van der Waals surface area contributed by atoms with Crippen molar-refractivity contribution in [2.45, 2.75) is 6.92 Å². The number of aromatic nitrogens is 1. The lowest BCUT2D eigenvalue weighted by Crippen LogP contribution is -2.12. The molecule has 0 bridgehead atoms. The first-order valence-electron chi connectivity index (χ1n) is 5.08. The van der Waals surface area contributed by atoms with E-state index in [0.29, 0.717) is 17.0 Å². The first kappa shape index (κ1) is 11.2. The van der Waals surface area contributed by atoms with Crippen LogP contribution in [0.1, 0.15) is 16.1 Å². The van der Waals surface area contributed by atoms with E-state index < -0.39 is 0 Å². The molecule has 1 heterocycles. The van der Waals surface area contributed by atoms with E-state index >= 15 is 0 Å². The summed E-state index contributed by atoms with van der Waals surface area (Å²) in [6.07, 6.45) is 1.50. The lowest BCUT2D eigenvalue weighted by Gasteiger charge is -2.08. The van der Waals surface area contributed by atoms with E-state index in [4.69, 9.17) is 9.26 Å². The number of hydrogen-bond donors (Lipinski definition) is 1. The number of aryl methyl sites for hydroxylation is 1. The predicted octanol–water partition coefficient (Wildman–Crippen LogP) is 2.24. The van der Waals surface area contributed by atoms with Crippen LogP contribution in [0.4, 0.5) is 5.69 Å². The van der Waals surface area contributed by atoms with E-state index in [0.717, 1.165) is 0 Å². The zero-order valence-electron chi connectivity index (χ0n) is 9.56. The zero-order valence-corrected chi connectivity index (χ0v) is 9.56. The first-order chi connectivity index (χ1) is 8.22. The van der Waals surface area contributed by atoms with Crippen molar-refractivity contribution in [1.82, 2.24) is 5.16 Å². The van der Waals surface area contributed by atoms with Crippen LogP contribution in [0.3, 0.4) is 0 Å². The van der Waals surface area contributed by atoms with Crippen molar-refractivity contribution in [2.75, 3.05) is 12.4 Å². The Bertz CT molecular complexity index is 534. The number of rotatable bonds is 3. The van der Waals surface area contributed by atoms with Crippen LogP contribution in [0.15, 0.2) is 35.0 Å². The Hall–Kier alpha value is -2.30. The van der Waals surface area contributed by atoms with Crippen LogP contribution in [-0.2, 0) is 0 Å². The highest BCUT2D eigenvalue weighted by Gasteiger charge is 2.15. The molecule has 1 N–H and O–H groups in total. The van der Waals surface area contributed by atoms with E-state index in [-0.39, 0.29) is 11.7 Å². The van der Waals surface area contributed by atoms with Crippen molar-refractivity contribution in [3.8, 4) is 5.75 Å². The van der Waals surface area contributed by atoms with Crippen LogP contribution in [0.5, 0.6) is 5.75 Å². The van der Waals surface area contributed by atoms with Crippen molar-refractivity contribution in [2.24, 2.45) is 0 Å². The van der Waals surface area contributed by atoms with Gasteiger partial charge in [0.15, 0.2) is 0 Å². The maximum Gasteiger partial charge on any atom is 0.294 e. The van der Waals surface area contributed by atoms with Gasteiger partial charge in [-0.25, -0.2) is 0 Å². The zero-order chi connectivity index (χ0) is 12.3. The summed E-state index contributed by atoms with van der Waals surface area (Å²) in [5, 5.41) is 6.27. The Balaban J connectivity index is 2.22. The molecular weight excluding hydrogens is 220 g/mol. The average molecular weight is 232 g/mol. The van der Waals surface area contributed by atoms with Crippen LogP contribution >= 0.6 is 0 Å². The predicted molar refractivity (Wildman–Crippen MR) is 62.2 cm³/mol. The smallest absolute Gasteiger partial charge is 0.294 e. The highest BCUT2D eigenvalue weighted by Crippen LogP contribution is 2.23. The monoisotopic (exact) mass is 232 g/mol. The second kappa shape index (κ2) is 4.69. The minimum Gasteiger partial charge on any atom is -0.495 e. The van der Waals surface area contributed by atoms with E-state index in [2.05, 4.69) is 10.5 Å². The van der Waals surface area contributed by atoms with Gasteiger partial charge in [-0.1, -0.05) is 17.3 Å². The number of carbonyl (C=O) groups is 1. The summed E-state index contributed by atoms with van der Waals surface area (Å²) in [5.74, 6) is 0.457. The number of amides is 1. The largest absolute Gasteiger partial charge is 0.495 e. The van der Waals surface area contributed by atoms with Crippen LogP contribution in [0, 0.1) is 6.92 Å². The minimum absolute atomic E-state index is 0.205. The number of carbonyl (C=O) groups excluding carboxylic acids is 1. The Morgan fingerprint density at radius 2 is 2.18 bits per heavy atom. The highest BCUT2D eigenvalue weighted by atomic mass is 16.5. The van der Waals surface area contributed by atoms with Gasteiger partial charge in [0, 0.05) is 5.56 Å². The molecule has 0 aliphatic rings. The molecule has 0 fully saturated rings. The molecule has 0 aliphatic carbocycles. The third-order valence-electron chi connectivity index (χ3n) is 2.31. The number of nitrogens with one attached hydrogen (secondary N) is 1. The quantitative estimate of drug-likeness (QED) is 0.881. The molecule has 1 aromatic carbocycles. The van der Waals surface area contributed by atoms with Gasteiger partial charge in [0.2, 0.25) is 5.76 Å². The van der Waals surface area contributed by atoms with E-state index in [9.17, 15) is 4.79 Å². The van der Waals surface area contributed by atoms with Gasteiger partial charge < -0.3 is 14.6 Å².